The molecule has 0 atom stereocenters. The van der Waals surface area contributed by atoms with Crippen molar-refractivity contribution in [3.8, 4) is 28.6 Å². The second-order valence-electron chi connectivity index (χ2n) is 7.10. The van der Waals surface area contributed by atoms with Crippen LogP contribution in [0.1, 0.15) is 18.9 Å². The Balaban J connectivity index is 1.96. The highest BCUT2D eigenvalue weighted by Gasteiger charge is 2.36. The molecule has 1 aromatic heterocycles. The van der Waals surface area contributed by atoms with Gasteiger partial charge in [-0.05, 0) is 30.7 Å². The molecule has 148 valence electrons. The van der Waals surface area contributed by atoms with Crippen molar-refractivity contribution in [3.63, 3.8) is 0 Å². The van der Waals surface area contributed by atoms with Crippen LogP contribution >= 0.6 is 0 Å². The van der Waals surface area contributed by atoms with Gasteiger partial charge in [0.1, 0.15) is 5.82 Å². The number of fused-ring (bicyclic) bond motifs is 1. The standard InChI is InChI=1S/C20H21F2N3O3/c1-20(21,22)16-12(10-15(28-3)17(26)18(16)27)19-23-13-9-11(25-7-4-8-25)5-6-14(13)24(19)2/h5-6,9-10,26-27H,4,7-8H2,1-3H3. The van der Waals surface area contributed by atoms with Gasteiger partial charge in [-0.3, -0.25) is 0 Å². The maximum Gasteiger partial charge on any atom is 0.274 e. The Labute approximate surface area is 160 Å². The fourth-order valence-corrected chi connectivity index (χ4v) is 3.61. The molecule has 1 saturated heterocycles. The van der Waals surface area contributed by atoms with E-state index in [2.05, 4.69) is 9.88 Å². The summed E-state index contributed by atoms with van der Waals surface area (Å²) in [6, 6.07) is 7.09. The summed E-state index contributed by atoms with van der Waals surface area (Å²) in [7, 11) is 3.01. The van der Waals surface area contributed by atoms with Gasteiger partial charge in [0.15, 0.2) is 11.5 Å². The Morgan fingerprint density at radius 3 is 2.43 bits per heavy atom. The first-order valence-corrected chi connectivity index (χ1v) is 8.95. The van der Waals surface area contributed by atoms with Gasteiger partial charge in [0, 0.05) is 38.3 Å². The molecule has 1 fully saturated rings. The van der Waals surface area contributed by atoms with Crippen molar-refractivity contribution in [2.45, 2.75) is 19.3 Å². The molecule has 0 amide bonds. The lowest BCUT2D eigenvalue weighted by Crippen LogP contribution is -2.36. The number of imidazole rings is 1. The van der Waals surface area contributed by atoms with Gasteiger partial charge in [0.05, 0.1) is 23.7 Å². The van der Waals surface area contributed by atoms with Gasteiger partial charge in [-0.1, -0.05) is 0 Å². The molecule has 28 heavy (non-hydrogen) atoms. The number of aromatic nitrogens is 2. The number of benzene rings is 2. The molecule has 0 unspecified atom stereocenters. The minimum absolute atomic E-state index is 0.00357. The molecule has 4 rings (SSSR count). The second kappa shape index (κ2) is 6.25. The summed E-state index contributed by atoms with van der Waals surface area (Å²) >= 11 is 0. The van der Waals surface area contributed by atoms with E-state index < -0.39 is 23.0 Å². The van der Waals surface area contributed by atoms with Crippen LogP contribution in [0.4, 0.5) is 14.5 Å². The van der Waals surface area contributed by atoms with E-state index in [0.29, 0.717) is 12.4 Å². The molecule has 2 aromatic carbocycles. The normalized spacial score (nSPS) is 14.4. The molecule has 0 aliphatic carbocycles. The van der Waals surface area contributed by atoms with E-state index in [1.165, 1.54) is 13.2 Å². The number of halogens is 2. The largest absolute Gasteiger partial charge is 0.504 e. The number of nitrogens with zero attached hydrogens (tertiary/aromatic N) is 3. The summed E-state index contributed by atoms with van der Waals surface area (Å²) in [6.07, 6.45) is 1.15. The van der Waals surface area contributed by atoms with Gasteiger partial charge in [0.2, 0.25) is 5.75 Å². The topological polar surface area (TPSA) is 70.8 Å². The van der Waals surface area contributed by atoms with Gasteiger partial charge in [-0.15, -0.1) is 0 Å². The van der Waals surface area contributed by atoms with Crippen LogP contribution < -0.4 is 9.64 Å². The third-order valence-electron chi connectivity index (χ3n) is 5.22. The van der Waals surface area contributed by atoms with E-state index >= 15 is 0 Å². The van der Waals surface area contributed by atoms with Crippen molar-refractivity contribution in [3.05, 3.63) is 29.8 Å². The monoisotopic (exact) mass is 389 g/mol. The Kier molecular flexibility index (Phi) is 4.10. The Morgan fingerprint density at radius 2 is 1.86 bits per heavy atom. The molecule has 2 N–H and O–H groups in total. The van der Waals surface area contributed by atoms with Crippen LogP contribution in [0.25, 0.3) is 22.4 Å². The summed E-state index contributed by atoms with van der Waals surface area (Å²) in [5, 5.41) is 20.3. The predicted molar refractivity (Wildman–Crippen MR) is 102 cm³/mol. The first-order chi connectivity index (χ1) is 13.2. The molecular formula is C20H21F2N3O3. The highest BCUT2D eigenvalue weighted by atomic mass is 19.3. The van der Waals surface area contributed by atoms with E-state index in [9.17, 15) is 19.0 Å². The van der Waals surface area contributed by atoms with E-state index in [0.717, 1.165) is 30.7 Å². The lowest BCUT2D eigenvalue weighted by atomic mass is 9.99. The molecule has 3 aromatic rings. The predicted octanol–water partition coefficient (Wildman–Crippen LogP) is 3.98. The summed E-state index contributed by atoms with van der Waals surface area (Å²) in [6.45, 7) is 2.64. The number of alkyl halides is 2. The van der Waals surface area contributed by atoms with Crippen molar-refractivity contribution in [1.29, 1.82) is 0 Å². The number of methoxy groups -OCH3 is 1. The lowest BCUT2D eigenvalue weighted by molar-refractivity contribution is 0.0153. The van der Waals surface area contributed by atoms with E-state index in [-0.39, 0.29) is 17.1 Å². The number of rotatable bonds is 4. The highest BCUT2D eigenvalue weighted by Crippen LogP contribution is 2.49. The third-order valence-corrected chi connectivity index (χ3v) is 5.22. The zero-order valence-corrected chi connectivity index (χ0v) is 15.8. The van der Waals surface area contributed by atoms with Crippen molar-refractivity contribution in [1.82, 2.24) is 9.55 Å². The van der Waals surface area contributed by atoms with E-state index in [1.807, 2.05) is 18.2 Å². The number of phenols is 2. The zero-order valence-electron chi connectivity index (χ0n) is 15.8. The fourth-order valence-electron chi connectivity index (χ4n) is 3.61. The Morgan fingerprint density at radius 1 is 1.14 bits per heavy atom. The summed E-state index contributed by atoms with van der Waals surface area (Å²) in [4.78, 5) is 6.78. The van der Waals surface area contributed by atoms with Crippen LogP contribution in [-0.2, 0) is 13.0 Å². The second-order valence-corrected chi connectivity index (χ2v) is 7.10. The molecule has 0 radical (unpaired) electrons. The highest BCUT2D eigenvalue weighted by molar-refractivity contribution is 5.85. The fraction of sp³-hybridized carbons (Fsp3) is 0.350. The number of ether oxygens (including phenoxy) is 1. The minimum Gasteiger partial charge on any atom is -0.504 e. The lowest BCUT2D eigenvalue weighted by Gasteiger charge is -2.33. The minimum atomic E-state index is -3.40. The van der Waals surface area contributed by atoms with Gasteiger partial charge in [-0.25, -0.2) is 13.8 Å². The van der Waals surface area contributed by atoms with Crippen LogP contribution in [-0.4, -0.2) is 40.0 Å². The molecule has 6 nitrogen and oxygen atoms in total. The molecule has 0 spiro atoms. The molecule has 1 aliphatic heterocycles. The average molecular weight is 389 g/mol. The molecule has 1 aliphatic rings. The van der Waals surface area contributed by atoms with Gasteiger partial charge in [0.25, 0.3) is 5.92 Å². The quantitative estimate of drug-likeness (QED) is 0.661. The first-order valence-electron chi connectivity index (χ1n) is 8.95. The first kappa shape index (κ1) is 18.3. The van der Waals surface area contributed by atoms with Gasteiger partial charge >= 0.3 is 0 Å². The van der Waals surface area contributed by atoms with Crippen LogP contribution in [0.2, 0.25) is 0 Å². The molecule has 0 saturated carbocycles. The Hall–Kier alpha value is -3.03. The van der Waals surface area contributed by atoms with Crippen LogP contribution in [0.3, 0.4) is 0 Å². The number of phenolic OH excluding ortho intramolecular Hbond substituents is 2. The van der Waals surface area contributed by atoms with Crippen molar-refractivity contribution >= 4 is 16.7 Å². The zero-order chi connectivity index (χ0) is 20.2. The smallest absolute Gasteiger partial charge is 0.274 e. The molecule has 8 heteroatoms. The van der Waals surface area contributed by atoms with Crippen molar-refractivity contribution in [2.24, 2.45) is 7.05 Å². The van der Waals surface area contributed by atoms with Gasteiger partial charge < -0.3 is 24.4 Å². The number of aromatic hydroxyl groups is 2. The number of aryl methyl sites for hydroxylation is 1. The van der Waals surface area contributed by atoms with Crippen LogP contribution in [0, 0.1) is 0 Å². The maximum atomic E-state index is 14.3. The van der Waals surface area contributed by atoms with E-state index in [1.54, 1.807) is 11.6 Å². The van der Waals surface area contributed by atoms with Crippen LogP contribution in [0.5, 0.6) is 17.2 Å². The molecule has 2 heterocycles. The van der Waals surface area contributed by atoms with E-state index in [4.69, 9.17) is 4.74 Å². The summed E-state index contributed by atoms with van der Waals surface area (Å²) < 4.78 is 35.4. The van der Waals surface area contributed by atoms with Crippen LogP contribution in [0.15, 0.2) is 24.3 Å². The van der Waals surface area contributed by atoms with Crippen molar-refractivity contribution in [2.75, 3.05) is 25.1 Å². The Bertz CT molecular complexity index is 1070. The number of hydrogen-bond donors (Lipinski definition) is 2. The number of hydrogen-bond acceptors (Lipinski definition) is 5. The average Bonchev–Trinajstić information content (AvgIpc) is 2.90. The van der Waals surface area contributed by atoms with Gasteiger partial charge in [-0.2, -0.15) is 0 Å². The molecule has 0 bridgehead atoms. The SMILES string of the molecule is COc1cc(-c2nc3cc(N4CCC4)ccc3n2C)c(C(C)(F)F)c(O)c1O. The van der Waals surface area contributed by atoms with Crippen molar-refractivity contribution < 1.29 is 23.7 Å². The maximum absolute atomic E-state index is 14.3. The summed E-state index contributed by atoms with van der Waals surface area (Å²) in [5.41, 5.74) is 1.79. The summed E-state index contributed by atoms with van der Waals surface area (Å²) in [5.74, 6) is -4.88. The number of anilines is 1. The molecular weight excluding hydrogens is 368 g/mol. The third kappa shape index (κ3) is 2.71.